The molecule has 1 rings (SSSR count). The van der Waals surface area contributed by atoms with E-state index in [1.807, 2.05) is 6.08 Å². The van der Waals surface area contributed by atoms with Crippen molar-refractivity contribution >= 4 is 15.9 Å². The molecule has 0 radical (unpaired) electrons. The first-order chi connectivity index (χ1) is 8.69. The number of nitrogens with one attached hydrogen (secondary N) is 1. The molecule has 0 saturated heterocycles. The third-order valence-electron chi connectivity index (χ3n) is 3.37. The maximum absolute atomic E-state index is 3.76. The first kappa shape index (κ1) is 15.5. The standard InChI is InChI=1S/C16H24BrN/c1-4-5-6-7-8-9-16(18-3)15-12-14(17)11-10-13(15)2/h4,10-12,16,18H,1,5-9H2,2-3H3. The van der Waals surface area contributed by atoms with Crippen LogP contribution in [0, 0.1) is 6.92 Å². The molecule has 100 valence electrons. The van der Waals surface area contributed by atoms with Crippen molar-refractivity contribution in [1.82, 2.24) is 5.32 Å². The zero-order valence-corrected chi connectivity index (χ0v) is 13.1. The van der Waals surface area contributed by atoms with Crippen LogP contribution >= 0.6 is 15.9 Å². The van der Waals surface area contributed by atoms with E-state index in [-0.39, 0.29) is 0 Å². The van der Waals surface area contributed by atoms with Crippen LogP contribution < -0.4 is 5.32 Å². The van der Waals surface area contributed by atoms with Gasteiger partial charge in [-0.3, -0.25) is 0 Å². The molecule has 1 aromatic carbocycles. The molecule has 0 aliphatic carbocycles. The first-order valence-corrected chi connectivity index (χ1v) is 7.52. The number of rotatable bonds is 8. The van der Waals surface area contributed by atoms with Crippen LogP contribution in [0.25, 0.3) is 0 Å². The Labute approximate surface area is 120 Å². The van der Waals surface area contributed by atoms with Crippen LogP contribution in [0.3, 0.4) is 0 Å². The van der Waals surface area contributed by atoms with Crippen molar-refractivity contribution < 1.29 is 0 Å². The number of allylic oxidation sites excluding steroid dienone is 1. The second-order valence-corrected chi connectivity index (χ2v) is 5.68. The SMILES string of the molecule is C=CCCCCCC(NC)c1cc(Br)ccc1C. The van der Waals surface area contributed by atoms with Crippen LogP contribution in [0.5, 0.6) is 0 Å². The Kier molecular flexibility index (Phi) is 7.29. The number of hydrogen-bond donors (Lipinski definition) is 1. The summed E-state index contributed by atoms with van der Waals surface area (Å²) in [5.74, 6) is 0. The molecule has 1 N–H and O–H groups in total. The molecule has 1 atom stereocenters. The van der Waals surface area contributed by atoms with Gasteiger partial charge in [-0.25, -0.2) is 0 Å². The maximum atomic E-state index is 3.76. The average molecular weight is 310 g/mol. The van der Waals surface area contributed by atoms with E-state index in [1.165, 1.54) is 36.8 Å². The second-order valence-electron chi connectivity index (χ2n) is 4.77. The van der Waals surface area contributed by atoms with Crippen molar-refractivity contribution in [2.45, 2.75) is 45.1 Å². The molecule has 0 amide bonds. The van der Waals surface area contributed by atoms with Gasteiger partial charge in [0, 0.05) is 10.5 Å². The highest BCUT2D eigenvalue weighted by Crippen LogP contribution is 2.26. The molecule has 0 saturated carbocycles. The van der Waals surface area contributed by atoms with Gasteiger partial charge in [0.15, 0.2) is 0 Å². The summed E-state index contributed by atoms with van der Waals surface area (Å²) >= 11 is 3.56. The van der Waals surface area contributed by atoms with Gasteiger partial charge < -0.3 is 5.32 Å². The van der Waals surface area contributed by atoms with Gasteiger partial charge in [-0.05, 0) is 56.5 Å². The van der Waals surface area contributed by atoms with Crippen LogP contribution in [-0.2, 0) is 0 Å². The minimum atomic E-state index is 0.464. The molecule has 2 heteroatoms. The summed E-state index contributed by atoms with van der Waals surface area (Å²) in [5.41, 5.74) is 2.78. The van der Waals surface area contributed by atoms with E-state index in [2.05, 4.69) is 60.0 Å². The quantitative estimate of drug-likeness (QED) is 0.517. The largest absolute Gasteiger partial charge is 0.313 e. The van der Waals surface area contributed by atoms with E-state index in [1.54, 1.807) is 0 Å². The minimum absolute atomic E-state index is 0.464. The van der Waals surface area contributed by atoms with Crippen molar-refractivity contribution in [3.63, 3.8) is 0 Å². The van der Waals surface area contributed by atoms with Crippen molar-refractivity contribution in [3.05, 3.63) is 46.5 Å². The number of unbranched alkanes of at least 4 members (excludes halogenated alkanes) is 3. The lowest BCUT2D eigenvalue weighted by atomic mass is 9.96. The summed E-state index contributed by atoms with van der Waals surface area (Å²) in [6, 6.07) is 6.99. The van der Waals surface area contributed by atoms with Crippen LogP contribution in [0.2, 0.25) is 0 Å². The molecular formula is C16H24BrN. The smallest absolute Gasteiger partial charge is 0.0320 e. The fourth-order valence-corrected chi connectivity index (χ4v) is 2.63. The van der Waals surface area contributed by atoms with Crippen molar-refractivity contribution in [2.75, 3.05) is 7.05 Å². The molecule has 0 aliphatic heterocycles. The number of hydrogen-bond acceptors (Lipinski definition) is 1. The van der Waals surface area contributed by atoms with Gasteiger partial charge in [0.2, 0.25) is 0 Å². The Morgan fingerprint density at radius 1 is 1.33 bits per heavy atom. The summed E-state index contributed by atoms with van der Waals surface area (Å²) in [4.78, 5) is 0. The van der Waals surface area contributed by atoms with Crippen LogP contribution in [-0.4, -0.2) is 7.05 Å². The van der Waals surface area contributed by atoms with Gasteiger partial charge in [-0.2, -0.15) is 0 Å². The predicted molar refractivity (Wildman–Crippen MR) is 84.0 cm³/mol. The highest BCUT2D eigenvalue weighted by atomic mass is 79.9. The Bertz CT molecular complexity index is 373. The van der Waals surface area contributed by atoms with Gasteiger partial charge in [-0.15, -0.1) is 6.58 Å². The molecule has 1 nitrogen and oxygen atoms in total. The molecule has 0 fully saturated rings. The molecule has 18 heavy (non-hydrogen) atoms. The van der Waals surface area contributed by atoms with Gasteiger partial charge in [-0.1, -0.05) is 40.9 Å². The van der Waals surface area contributed by atoms with E-state index in [4.69, 9.17) is 0 Å². The number of aryl methyl sites for hydroxylation is 1. The lowest BCUT2D eigenvalue weighted by molar-refractivity contribution is 0.506. The molecule has 0 aromatic heterocycles. The zero-order chi connectivity index (χ0) is 13.4. The van der Waals surface area contributed by atoms with E-state index in [0.717, 1.165) is 10.9 Å². The molecular weight excluding hydrogens is 286 g/mol. The van der Waals surface area contributed by atoms with E-state index < -0.39 is 0 Å². The summed E-state index contributed by atoms with van der Waals surface area (Å²) < 4.78 is 1.16. The molecule has 0 bridgehead atoms. The van der Waals surface area contributed by atoms with Crippen LogP contribution in [0.4, 0.5) is 0 Å². The van der Waals surface area contributed by atoms with Gasteiger partial charge in [0.25, 0.3) is 0 Å². The predicted octanol–water partition coefficient (Wildman–Crippen LogP) is 5.15. The van der Waals surface area contributed by atoms with E-state index in [0.29, 0.717) is 6.04 Å². The fourth-order valence-electron chi connectivity index (χ4n) is 2.26. The lowest BCUT2D eigenvalue weighted by Crippen LogP contribution is -2.17. The maximum Gasteiger partial charge on any atom is 0.0320 e. The highest BCUT2D eigenvalue weighted by Gasteiger charge is 2.11. The Morgan fingerprint density at radius 2 is 2.11 bits per heavy atom. The van der Waals surface area contributed by atoms with E-state index >= 15 is 0 Å². The van der Waals surface area contributed by atoms with Gasteiger partial charge in [0.05, 0.1) is 0 Å². The monoisotopic (exact) mass is 309 g/mol. The second kappa shape index (κ2) is 8.49. The summed E-state index contributed by atoms with van der Waals surface area (Å²) in [6.45, 7) is 5.95. The van der Waals surface area contributed by atoms with Crippen molar-refractivity contribution in [3.8, 4) is 0 Å². The summed E-state index contributed by atoms with van der Waals surface area (Å²) in [5, 5.41) is 3.44. The molecule has 1 unspecified atom stereocenters. The number of benzene rings is 1. The number of halogens is 1. The summed E-state index contributed by atoms with van der Waals surface area (Å²) in [6.07, 6.45) is 8.17. The van der Waals surface area contributed by atoms with Gasteiger partial charge >= 0.3 is 0 Å². The van der Waals surface area contributed by atoms with Crippen LogP contribution in [0.1, 0.15) is 49.3 Å². The van der Waals surface area contributed by atoms with Crippen LogP contribution in [0.15, 0.2) is 35.3 Å². The third kappa shape index (κ3) is 4.95. The first-order valence-electron chi connectivity index (χ1n) is 6.73. The zero-order valence-electron chi connectivity index (χ0n) is 11.5. The highest BCUT2D eigenvalue weighted by molar-refractivity contribution is 9.10. The topological polar surface area (TPSA) is 12.0 Å². The third-order valence-corrected chi connectivity index (χ3v) is 3.86. The molecule has 0 aliphatic rings. The molecule has 0 spiro atoms. The molecule has 0 heterocycles. The molecule has 1 aromatic rings. The van der Waals surface area contributed by atoms with Crippen molar-refractivity contribution in [1.29, 1.82) is 0 Å². The summed E-state index contributed by atoms with van der Waals surface area (Å²) in [7, 11) is 2.05. The van der Waals surface area contributed by atoms with E-state index in [9.17, 15) is 0 Å². The van der Waals surface area contributed by atoms with Gasteiger partial charge in [0.1, 0.15) is 0 Å². The Balaban J connectivity index is 2.54. The lowest BCUT2D eigenvalue weighted by Gasteiger charge is -2.19. The Morgan fingerprint density at radius 3 is 2.78 bits per heavy atom. The normalized spacial score (nSPS) is 12.4. The average Bonchev–Trinajstić information content (AvgIpc) is 2.37. The fraction of sp³-hybridized carbons (Fsp3) is 0.500. The minimum Gasteiger partial charge on any atom is -0.313 e. The van der Waals surface area contributed by atoms with Crippen molar-refractivity contribution in [2.24, 2.45) is 0 Å². The Hall–Kier alpha value is -0.600.